The number of rotatable bonds is 3. The summed E-state index contributed by atoms with van der Waals surface area (Å²) in [4.78, 5) is 27.9. The zero-order valence-electron chi connectivity index (χ0n) is 10.6. The molecular formula is C13H16N4O2. The van der Waals surface area contributed by atoms with Crippen LogP contribution in [0.5, 0.6) is 0 Å². The van der Waals surface area contributed by atoms with Crippen LogP contribution < -0.4 is 0 Å². The lowest BCUT2D eigenvalue weighted by atomic mass is 10.1. The second-order valence-corrected chi connectivity index (χ2v) is 4.93. The molecule has 2 fully saturated rings. The molecule has 2 amide bonds. The number of carbonyl (C=O) groups excluding carboxylic acids is 2. The second-order valence-electron chi connectivity index (χ2n) is 4.93. The number of fused-ring (bicyclic) bond motifs is 1. The predicted molar refractivity (Wildman–Crippen MR) is 68.3 cm³/mol. The Bertz CT molecular complexity index is 511. The van der Waals surface area contributed by atoms with Gasteiger partial charge in [0.25, 0.3) is 5.91 Å². The lowest BCUT2D eigenvalue weighted by molar-refractivity contribution is -0.128. The summed E-state index contributed by atoms with van der Waals surface area (Å²) in [5.41, 5.74) is 0.482. The number of aromatic amines is 1. The number of carbonyl (C=O) groups is 2. The summed E-state index contributed by atoms with van der Waals surface area (Å²) >= 11 is 0. The Labute approximate surface area is 111 Å². The summed E-state index contributed by atoms with van der Waals surface area (Å²) in [6, 6.07) is 1.79. The van der Waals surface area contributed by atoms with Crippen molar-refractivity contribution in [2.75, 3.05) is 13.1 Å². The Balaban J connectivity index is 1.79. The number of amides is 2. The van der Waals surface area contributed by atoms with Crippen molar-refractivity contribution in [3.63, 3.8) is 0 Å². The molecule has 2 atom stereocenters. The van der Waals surface area contributed by atoms with E-state index in [2.05, 4.69) is 16.8 Å². The summed E-state index contributed by atoms with van der Waals surface area (Å²) in [6.07, 6.45) is 4.55. The Morgan fingerprint density at radius 1 is 1.58 bits per heavy atom. The van der Waals surface area contributed by atoms with Crippen LogP contribution in [0.3, 0.4) is 0 Å². The first-order chi connectivity index (χ1) is 9.22. The molecule has 0 bridgehead atoms. The minimum atomic E-state index is -0.0711. The van der Waals surface area contributed by atoms with Gasteiger partial charge in [-0.05, 0) is 12.5 Å². The van der Waals surface area contributed by atoms with Gasteiger partial charge in [0.15, 0.2) is 0 Å². The van der Waals surface area contributed by atoms with E-state index in [1.165, 1.54) is 0 Å². The first-order valence-corrected chi connectivity index (χ1v) is 6.43. The van der Waals surface area contributed by atoms with E-state index < -0.39 is 0 Å². The number of aromatic nitrogens is 2. The first kappa shape index (κ1) is 12.0. The minimum absolute atomic E-state index is 0.0109. The summed E-state index contributed by atoms with van der Waals surface area (Å²) < 4.78 is 0. The largest absolute Gasteiger partial charge is 0.334 e. The summed E-state index contributed by atoms with van der Waals surface area (Å²) in [5.74, 6) is 0.0373. The van der Waals surface area contributed by atoms with Gasteiger partial charge in [-0.2, -0.15) is 5.10 Å². The molecule has 0 radical (unpaired) electrons. The summed E-state index contributed by atoms with van der Waals surface area (Å²) in [6.45, 7) is 4.93. The average Bonchev–Trinajstić information content (AvgIpc) is 3.08. The van der Waals surface area contributed by atoms with Gasteiger partial charge in [-0.25, -0.2) is 0 Å². The number of likely N-dealkylation sites (tertiary alicyclic amines) is 2. The molecule has 0 aromatic carbocycles. The van der Waals surface area contributed by atoms with Crippen molar-refractivity contribution in [3.8, 4) is 0 Å². The highest BCUT2D eigenvalue weighted by Gasteiger charge is 2.48. The van der Waals surface area contributed by atoms with Crippen molar-refractivity contribution >= 4 is 11.8 Å². The van der Waals surface area contributed by atoms with E-state index in [0.717, 1.165) is 6.42 Å². The van der Waals surface area contributed by atoms with Crippen molar-refractivity contribution in [3.05, 3.63) is 30.6 Å². The van der Waals surface area contributed by atoms with E-state index in [4.69, 9.17) is 0 Å². The fourth-order valence-electron chi connectivity index (χ4n) is 3.09. The van der Waals surface area contributed by atoms with E-state index in [-0.39, 0.29) is 23.9 Å². The lowest BCUT2D eigenvalue weighted by Gasteiger charge is -2.24. The summed E-state index contributed by atoms with van der Waals surface area (Å²) in [5, 5.41) is 6.48. The molecule has 3 rings (SSSR count). The van der Waals surface area contributed by atoms with Crippen LogP contribution in [0.4, 0.5) is 0 Å². The van der Waals surface area contributed by atoms with Gasteiger partial charge in [0.2, 0.25) is 5.91 Å². The molecule has 6 nitrogen and oxygen atoms in total. The topological polar surface area (TPSA) is 69.3 Å². The third-order valence-corrected chi connectivity index (χ3v) is 3.93. The number of hydrogen-bond acceptors (Lipinski definition) is 3. The van der Waals surface area contributed by atoms with E-state index in [1.807, 2.05) is 4.90 Å². The van der Waals surface area contributed by atoms with E-state index >= 15 is 0 Å². The lowest BCUT2D eigenvalue weighted by Crippen LogP contribution is -2.40. The van der Waals surface area contributed by atoms with Crippen LogP contribution in [0.15, 0.2) is 24.9 Å². The van der Waals surface area contributed by atoms with Crippen molar-refractivity contribution in [1.29, 1.82) is 0 Å². The van der Waals surface area contributed by atoms with Crippen molar-refractivity contribution < 1.29 is 9.59 Å². The molecule has 0 saturated carbocycles. The van der Waals surface area contributed by atoms with Crippen LogP contribution >= 0.6 is 0 Å². The van der Waals surface area contributed by atoms with Crippen LogP contribution in [0, 0.1) is 0 Å². The molecule has 1 aromatic rings. The smallest absolute Gasteiger partial charge is 0.272 e. The number of nitrogens with zero attached hydrogens (tertiary/aromatic N) is 3. The molecule has 0 aliphatic carbocycles. The van der Waals surface area contributed by atoms with Crippen LogP contribution in [0.25, 0.3) is 0 Å². The monoisotopic (exact) mass is 260 g/mol. The van der Waals surface area contributed by atoms with Crippen LogP contribution in [0.1, 0.15) is 23.3 Å². The highest BCUT2D eigenvalue weighted by molar-refractivity contribution is 5.93. The van der Waals surface area contributed by atoms with Gasteiger partial charge in [0.1, 0.15) is 5.69 Å². The molecule has 3 heterocycles. The van der Waals surface area contributed by atoms with Gasteiger partial charge in [0, 0.05) is 25.7 Å². The van der Waals surface area contributed by atoms with E-state index in [1.54, 1.807) is 23.2 Å². The fourth-order valence-corrected chi connectivity index (χ4v) is 3.09. The first-order valence-electron chi connectivity index (χ1n) is 6.43. The van der Waals surface area contributed by atoms with Gasteiger partial charge < -0.3 is 9.80 Å². The SMILES string of the molecule is C=CCN1C(=O)CC2C1CCN2C(=O)c1ccn[nH]1. The van der Waals surface area contributed by atoms with Gasteiger partial charge in [-0.3, -0.25) is 14.7 Å². The molecule has 2 aliphatic heterocycles. The van der Waals surface area contributed by atoms with E-state index in [9.17, 15) is 9.59 Å². The molecule has 1 N–H and O–H groups in total. The molecule has 19 heavy (non-hydrogen) atoms. The predicted octanol–water partition coefficient (Wildman–Crippen LogP) is 0.411. The Morgan fingerprint density at radius 3 is 3.11 bits per heavy atom. The van der Waals surface area contributed by atoms with Gasteiger partial charge >= 0.3 is 0 Å². The van der Waals surface area contributed by atoms with Crippen molar-refractivity contribution in [2.24, 2.45) is 0 Å². The zero-order chi connectivity index (χ0) is 13.4. The fraction of sp³-hybridized carbons (Fsp3) is 0.462. The maximum atomic E-state index is 12.3. The molecule has 1 aromatic heterocycles. The zero-order valence-corrected chi connectivity index (χ0v) is 10.6. The highest BCUT2D eigenvalue weighted by atomic mass is 16.2. The third-order valence-electron chi connectivity index (χ3n) is 3.93. The number of nitrogens with one attached hydrogen (secondary N) is 1. The normalized spacial score (nSPS) is 25.8. The molecule has 2 unspecified atom stereocenters. The minimum Gasteiger partial charge on any atom is -0.334 e. The molecule has 2 aliphatic rings. The van der Waals surface area contributed by atoms with Crippen LogP contribution in [-0.4, -0.2) is 57.0 Å². The number of H-pyrrole nitrogens is 1. The molecular weight excluding hydrogens is 244 g/mol. The second kappa shape index (κ2) is 4.53. The highest BCUT2D eigenvalue weighted by Crippen LogP contribution is 2.33. The molecule has 100 valence electrons. The van der Waals surface area contributed by atoms with Crippen LogP contribution in [0.2, 0.25) is 0 Å². The molecule has 2 saturated heterocycles. The maximum Gasteiger partial charge on any atom is 0.272 e. The third kappa shape index (κ3) is 1.83. The average molecular weight is 260 g/mol. The van der Waals surface area contributed by atoms with Crippen molar-refractivity contribution in [1.82, 2.24) is 20.0 Å². The maximum absolute atomic E-state index is 12.3. The number of hydrogen-bond donors (Lipinski definition) is 1. The quantitative estimate of drug-likeness (QED) is 0.800. The van der Waals surface area contributed by atoms with Crippen LogP contribution in [-0.2, 0) is 4.79 Å². The van der Waals surface area contributed by atoms with Gasteiger partial charge in [0.05, 0.1) is 12.1 Å². The Kier molecular flexibility index (Phi) is 2.85. The van der Waals surface area contributed by atoms with Gasteiger partial charge in [-0.1, -0.05) is 6.08 Å². The molecule has 0 spiro atoms. The summed E-state index contributed by atoms with van der Waals surface area (Å²) in [7, 11) is 0. The standard InChI is InChI=1S/C13H16N4O2/c1-2-6-16-10-4-7-17(11(10)8-12(16)18)13(19)9-3-5-14-15-9/h2-3,5,10-11H,1,4,6-8H2,(H,14,15). The van der Waals surface area contributed by atoms with Crippen molar-refractivity contribution in [2.45, 2.75) is 24.9 Å². The van der Waals surface area contributed by atoms with Gasteiger partial charge in [-0.15, -0.1) is 6.58 Å². The molecule has 6 heteroatoms. The van der Waals surface area contributed by atoms with E-state index in [0.29, 0.717) is 25.2 Å². The Hall–Kier alpha value is -2.11. The Morgan fingerprint density at radius 2 is 2.42 bits per heavy atom.